The van der Waals surface area contributed by atoms with Crippen LogP contribution in [0.15, 0.2) is 78.9 Å². The van der Waals surface area contributed by atoms with E-state index in [2.05, 4.69) is 12.1 Å². The fraction of sp³-hybridized carbons (Fsp3) is 0.259. The smallest absolute Gasteiger partial charge is 0.244 e. The van der Waals surface area contributed by atoms with Crippen molar-refractivity contribution < 1.29 is 9.59 Å². The van der Waals surface area contributed by atoms with Crippen LogP contribution in [0.2, 0.25) is 0 Å². The first kappa shape index (κ1) is 19.6. The van der Waals surface area contributed by atoms with Crippen molar-refractivity contribution in [2.24, 2.45) is 0 Å². The van der Waals surface area contributed by atoms with Crippen molar-refractivity contribution in [3.8, 4) is 0 Å². The minimum Gasteiger partial charge on any atom is -0.311 e. The lowest BCUT2D eigenvalue weighted by molar-refractivity contribution is -0.128. The molecule has 2 heterocycles. The quantitative estimate of drug-likeness (QED) is 0.586. The first-order chi connectivity index (χ1) is 15.2. The van der Waals surface area contributed by atoms with E-state index >= 15 is 0 Å². The number of anilines is 2. The second-order valence-corrected chi connectivity index (χ2v) is 8.29. The predicted octanol–water partition coefficient (Wildman–Crippen LogP) is 4.73. The summed E-state index contributed by atoms with van der Waals surface area (Å²) in [6.07, 6.45) is 3.74. The van der Waals surface area contributed by atoms with Gasteiger partial charge >= 0.3 is 0 Å². The van der Waals surface area contributed by atoms with Gasteiger partial charge in [0.25, 0.3) is 0 Å². The number of aryl methyl sites for hydroxylation is 2. The number of para-hydroxylation sites is 2. The molecule has 3 aromatic carbocycles. The minimum absolute atomic E-state index is 0.133. The van der Waals surface area contributed by atoms with Gasteiger partial charge < -0.3 is 9.80 Å². The van der Waals surface area contributed by atoms with Gasteiger partial charge in [-0.2, -0.15) is 0 Å². The molecule has 0 saturated heterocycles. The molecule has 0 bridgehead atoms. The van der Waals surface area contributed by atoms with Gasteiger partial charge in [0, 0.05) is 24.5 Å². The fourth-order valence-corrected chi connectivity index (χ4v) is 4.87. The van der Waals surface area contributed by atoms with Crippen molar-refractivity contribution in [1.82, 2.24) is 0 Å². The first-order valence-corrected chi connectivity index (χ1v) is 11.1. The third kappa shape index (κ3) is 3.63. The molecule has 0 radical (unpaired) electrons. The van der Waals surface area contributed by atoms with Crippen LogP contribution >= 0.6 is 0 Å². The van der Waals surface area contributed by atoms with E-state index in [0.29, 0.717) is 13.1 Å². The van der Waals surface area contributed by atoms with Gasteiger partial charge in [0.15, 0.2) is 0 Å². The second kappa shape index (κ2) is 8.38. The molecule has 3 aromatic rings. The van der Waals surface area contributed by atoms with Crippen molar-refractivity contribution >= 4 is 23.2 Å². The SMILES string of the molecule is O=C(C(C(=O)N1CCCc2ccccc21)c1ccccc1)N1CCCc2ccccc21. The number of benzene rings is 3. The van der Waals surface area contributed by atoms with Crippen LogP contribution in [0.1, 0.15) is 35.4 Å². The molecule has 5 rings (SSSR count). The van der Waals surface area contributed by atoms with Crippen LogP contribution in [-0.4, -0.2) is 24.9 Å². The summed E-state index contributed by atoms with van der Waals surface area (Å²) in [5.41, 5.74) is 4.97. The number of nitrogens with zero attached hydrogens (tertiary/aromatic N) is 2. The van der Waals surface area contributed by atoms with Crippen molar-refractivity contribution in [3.63, 3.8) is 0 Å². The molecule has 0 aliphatic carbocycles. The average Bonchev–Trinajstić information content (AvgIpc) is 2.84. The zero-order valence-corrected chi connectivity index (χ0v) is 17.5. The van der Waals surface area contributed by atoms with Crippen LogP contribution in [-0.2, 0) is 22.4 Å². The summed E-state index contributed by atoms with van der Waals surface area (Å²) >= 11 is 0. The molecule has 4 nitrogen and oxygen atoms in total. The molecule has 156 valence electrons. The molecule has 0 spiro atoms. The lowest BCUT2D eigenvalue weighted by Gasteiger charge is -2.35. The molecular weight excluding hydrogens is 384 g/mol. The number of carbonyl (C=O) groups excluding carboxylic acids is 2. The average molecular weight is 411 g/mol. The summed E-state index contributed by atoms with van der Waals surface area (Å²) in [6, 6.07) is 25.6. The highest BCUT2D eigenvalue weighted by molar-refractivity contribution is 6.17. The van der Waals surface area contributed by atoms with Gasteiger partial charge in [-0.15, -0.1) is 0 Å². The molecule has 2 amide bonds. The molecule has 2 aliphatic heterocycles. The maximum absolute atomic E-state index is 13.9. The summed E-state index contributed by atoms with van der Waals surface area (Å²) in [6.45, 7) is 1.28. The summed E-state index contributed by atoms with van der Waals surface area (Å²) < 4.78 is 0. The highest BCUT2D eigenvalue weighted by Crippen LogP contribution is 2.34. The van der Waals surface area contributed by atoms with E-state index in [1.165, 1.54) is 11.1 Å². The minimum atomic E-state index is -0.849. The Morgan fingerprint density at radius 3 is 1.58 bits per heavy atom. The Balaban J connectivity index is 1.55. The van der Waals surface area contributed by atoms with Crippen molar-refractivity contribution in [3.05, 3.63) is 95.6 Å². The number of amides is 2. The Kier molecular flexibility index (Phi) is 5.29. The second-order valence-electron chi connectivity index (χ2n) is 8.29. The molecule has 4 heteroatoms. The summed E-state index contributed by atoms with van der Waals surface area (Å²) in [5, 5.41) is 0. The van der Waals surface area contributed by atoms with Gasteiger partial charge in [-0.05, 0) is 54.5 Å². The van der Waals surface area contributed by atoms with Gasteiger partial charge in [0.2, 0.25) is 11.8 Å². The Labute approximate surface area is 183 Å². The summed E-state index contributed by atoms with van der Waals surface area (Å²) in [5.74, 6) is -1.11. The predicted molar refractivity (Wildman–Crippen MR) is 123 cm³/mol. The van der Waals surface area contributed by atoms with E-state index < -0.39 is 5.92 Å². The lowest BCUT2D eigenvalue weighted by atomic mass is 9.92. The molecule has 0 N–H and O–H groups in total. The Morgan fingerprint density at radius 2 is 1.06 bits per heavy atom. The van der Waals surface area contributed by atoms with Crippen LogP contribution in [0.4, 0.5) is 11.4 Å². The summed E-state index contributed by atoms with van der Waals surface area (Å²) in [7, 11) is 0. The molecule has 31 heavy (non-hydrogen) atoms. The van der Waals surface area contributed by atoms with E-state index in [0.717, 1.165) is 42.6 Å². The van der Waals surface area contributed by atoms with Gasteiger partial charge in [-0.3, -0.25) is 9.59 Å². The van der Waals surface area contributed by atoms with Gasteiger partial charge in [0.1, 0.15) is 5.92 Å². The molecular formula is C27H26N2O2. The van der Waals surface area contributed by atoms with E-state index in [1.54, 1.807) is 0 Å². The standard InChI is InChI=1S/C27H26N2O2/c30-26(28-18-8-14-20-10-4-6-16-23(20)28)25(22-12-2-1-3-13-22)27(31)29-19-9-15-21-11-5-7-17-24(21)29/h1-7,10-13,16-17,25H,8-9,14-15,18-19H2. The molecule has 0 fully saturated rings. The third-order valence-electron chi connectivity index (χ3n) is 6.38. The number of rotatable bonds is 3. The van der Waals surface area contributed by atoms with Crippen LogP contribution < -0.4 is 9.80 Å². The first-order valence-electron chi connectivity index (χ1n) is 11.1. The molecule has 0 aromatic heterocycles. The summed E-state index contributed by atoms with van der Waals surface area (Å²) in [4.78, 5) is 31.5. The van der Waals surface area contributed by atoms with E-state index in [4.69, 9.17) is 0 Å². The Bertz CT molecular complexity index is 1040. The van der Waals surface area contributed by atoms with Crippen molar-refractivity contribution in [2.75, 3.05) is 22.9 Å². The van der Waals surface area contributed by atoms with Crippen molar-refractivity contribution in [1.29, 1.82) is 0 Å². The monoisotopic (exact) mass is 410 g/mol. The maximum atomic E-state index is 13.9. The topological polar surface area (TPSA) is 40.6 Å². The Morgan fingerprint density at radius 1 is 0.613 bits per heavy atom. The zero-order chi connectivity index (χ0) is 21.2. The van der Waals surface area contributed by atoms with Crippen LogP contribution in [0.5, 0.6) is 0 Å². The number of hydrogen-bond donors (Lipinski definition) is 0. The van der Waals surface area contributed by atoms with Crippen LogP contribution in [0.3, 0.4) is 0 Å². The van der Waals surface area contributed by atoms with Gasteiger partial charge in [-0.25, -0.2) is 0 Å². The zero-order valence-electron chi connectivity index (χ0n) is 17.5. The lowest BCUT2D eigenvalue weighted by Crippen LogP contribution is -2.47. The highest BCUT2D eigenvalue weighted by atomic mass is 16.2. The van der Waals surface area contributed by atoms with E-state index in [1.807, 2.05) is 76.5 Å². The maximum Gasteiger partial charge on any atom is 0.244 e. The van der Waals surface area contributed by atoms with E-state index in [9.17, 15) is 9.59 Å². The number of carbonyl (C=O) groups is 2. The Hall–Kier alpha value is -3.40. The van der Waals surface area contributed by atoms with Crippen LogP contribution in [0.25, 0.3) is 0 Å². The normalized spacial score (nSPS) is 15.4. The molecule has 0 unspecified atom stereocenters. The third-order valence-corrected chi connectivity index (χ3v) is 6.38. The van der Waals surface area contributed by atoms with Crippen LogP contribution in [0, 0.1) is 0 Å². The van der Waals surface area contributed by atoms with Crippen molar-refractivity contribution in [2.45, 2.75) is 31.6 Å². The van der Waals surface area contributed by atoms with Gasteiger partial charge in [0.05, 0.1) is 0 Å². The molecule has 0 saturated carbocycles. The number of fused-ring (bicyclic) bond motifs is 2. The van der Waals surface area contributed by atoms with E-state index in [-0.39, 0.29) is 11.8 Å². The largest absolute Gasteiger partial charge is 0.311 e. The molecule has 0 atom stereocenters. The number of hydrogen-bond acceptors (Lipinski definition) is 2. The fourth-order valence-electron chi connectivity index (χ4n) is 4.87. The highest BCUT2D eigenvalue weighted by Gasteiger charge is 2.38. The molecule has 2 aliphatic rings. The van der Waals surface area contributed by atoms with Gasteiger partial charge in [-0.1, -0.05) is 66.7 Å².